The summed E-state index contributed by atoms with van der Waals surface area (Å²) in [4.78, 5) is 9.60. The van der Waals surface area contributed by atoms with Gasteiger partial charge in [0.05, 0.1) is 17.6 Å². The molecule has 0 aromatic heterocycles. The maximum atomic E-state index is 13.1. The lowest BCUT2D eigenvalue weighted by Crippen LogP contribution is -2.02. The normalized spacial score (nSPS) is 10.1. The van der Waals surface area contributed by atoms with Gasteiger partial charge in [-0.25, -0.2) is 8.78 Å². The highest BCUT2D eigenvalue weighted by atomic mass is 19.1. The smallest absolute Gasteiger partial charge is 0.316 e. The molecule has 0 saturated heterocycles. The van der Waals surface area contributed by atoms with E-state index in [1.807, 2.05) is 0 Å². The average Bonchev–Trinajstić information content (AvgIpc) is 2.15. The molecule has 4 nitrogen and oxygen atoms in total. The van der Waals surface area contributed by atoms with Gasteiger partial charge in [-0.05, 0) is 6.42 Å². The summed E-state index contributed by atoms with van der Waals surface area (Å²) in [6.07, 6.45) is 0.577. The van der Waals surface area contributed by atoms with Crippen LogP contribution in [0.25, 0.3) is 0 Å². The number of hydrogen-bond acceptors (Lipinski definition) is 3. The Bertz CT molecular complexity index is 382. The van der Waals surface area contributed by atoms with E-state index in [0.717, 1.165) is 0 Å². The zero-order valence-electron chi connectivity index (χ0n) is 8.00. The molecular formula is C9H9F2NO3. The summed E-state index contributed by atoms with van der Waals surface area (Å²) in [5.74, 6) is -2.57. The molecule has 1 aromatic rings. The highest BCUT2D eigenvalue weighted by molar-refractivity contribution is 5.47. The van der Waals surface area contributed by atoms with Gasteiger partial charge in [-0.2, -0.15) is 0 Å². The molecule has 0 N–H and O–H groups in total. The second-order valence-electron chi connectivity index (χ2n) is 2.84. The van der Waals surface area contributed by atoms with Crippen molar-refractivity contribution >= 4 is 5.69 Å². The molecule has 0 bridgehead atoms. The van der Waals surface area contributed by atoms with Crippen molar-refractivity contribution < 1.29 is 18.4 Å². The molecule has 0 amide bonds. The lowest BCUT2D eigenvalue weighted by Gasteiger charge is -2.06. The van der Waals surface area contributed by atoms with Crippen molar-refractivity contribution in [3.8, 4) is 5.75 Å². The Labute approximate surface area is 84.6 Å². The fourth-order valence-corrected chi connectivity index (χ4v) is 1.03. The minimum Gasteiger partial charge on any atom is -0.485 e. The van der Waals surface area contributed by atoms with Crippen LogP contribution in [-0.4, -0.2) is 11.5 Å². The van der Waals surface area contributed by atoms with E-state index in [4.69, 9.17) is 4.74 Å². The Hall–Kier alpha value is -1.72. The number of ether oxygens (including phenoxy) is 1. The molecule has 82 valence electrons. The Kier molecular flexibility index (Phi) is 3.54. The van der Waals surface area contributed by atoms with Crippen molar-refractivity contribution in [3.63, 3.8) is 0 Å². The van der Waals surface area contributed by atoms with Gasteiger partial charge in [0, 0.05) is 6.07 Å². The van der Waals surface area contributed by atoms with Gasteiger partial charge in [-0.15, -0.1) is 0 Å². The number of nitrogens with zero attached hydrogens (tertiary/aromatic N) is 1. The molecule has 0 atom stereocenters. The zero-order valence-corrected chi connectivity index (χ0v) is 8.00. The van der Waals surface area contributed by atoms with Gasteiger partial charge in [0.25, 0.3) is 0 Å². The second-order valence-corrected chi connectivity index (χ2v) is 2.84. The zero-order chi connectivity index (χ0) is 11.4. The van der Waals surface area contributed by atoms with E-state index in [0.29, 0.717) is 18.6 Å². The Balaban J connectivity index is 3.15. The lowest BCUT2D eigenvalue weighted by molar-refractivity contribution is -0.386. The van der Waals surface area contributed by atoms with Gasteiger partial charge < -0.3 is 4.74 Å². The van der Waals surface area contributed by atoms with Crippen LogP contribution in [0.2, 0.25) is 0 Å². The van der Waals surface area contributed by atoms with Crippen molar-refractivity contribution in [2.24, 2.45) is 0 Å². The molecule has 0 spiro atoms. The topological polar surface area (TPSA) is 52.4 Å². The molecule has 15 heavy (non-hydrogen) atoms. The fourth-order valence-electron chi connectivity index (χ4n) is 1.03. The van der Waals surface area contributed by atoms with E-state index in [1.165, 1.54) is 0 Å². The van der Waals surface area contributed by atoms with E-state index >= 15 is 0 Å². The maximum Gasteiger partial charge on any atom is 0.316 e. The molecule has 0 aliphatic rings. The third-order valence-corrected chi connectivity index (χ3v) is 1.64. The Morgan fingerprint density at radius 3 is 2.67 bits per heavy atom. The van der Waals surface area contributed by atoms with Gasteiger partial charge in [0.15, 0.2) is 5.82 Å². The van der Waals surface area contributed by atoms with Crippen LogP contribution in [0.15, 0.2) is 12.1 Å². The van der Waals surface area contributed by atoms with Crippen LogP contribution in [0.5, 0.6) is 5.75 Å². The molecule has 0 fully saturated rings. The fraction of sp³-hybridized carbons (Fsp3) is 0.333. The Morgan fingerprint density at radius 1 is 1.47 bits per heavy atom. The minimum atomic E-state index is -1.06. The number of hydrogen-bond donors (Lipinski definition) is 0. The predicted octanol–water partition coefficient (Wildman–Crippen LogP) is 2.66. The van der Waals surface area contributed by atoms with Gasteiger partial charge in [0.1, 0.15) is 5.82 Å². The largest absolute Gasteiger partial charge is 0.485 e. The van der Waals surface area contributed by atoms with Gasteiger partial charge in [-0.1, -0.05) is 6.92 Å². The first-order valence-electron chi connectivity index (χ1n) is 4.32. The lowest BCUT2D eigenvalue weighted by atomic mass is 10.2. The molecule has 0 unspecified atom stereocenters. The van der Waals surface area contributed by atoms with E-state index in [2.05, 4.69) is 0 Å². The van der Waals surface area contributed by atoms with Crippen LogP contribution >= 0.6 is 0 Å². The quantitative estimate of drug-likeness (QED) is 0.575. The highest BCUT2D eigenvalue weighted by Gasteiger charge is 2.21. The molecule has 0 aliphatic heterocycles. The highest BCUT2D eigenvalue weighted by Crippen LogP contribution is 2.31. The van der Waals surface area contributed by atoms with Crippen molar-refractivity contribution in [3.05, 3.63) is 33.9 Å². The van der Waals surface area contributed by atoms with Crippen molar-refractivity contribution in [2.45, 2.75) is 13.3 Å². The maximum absolute atomic E-state index is 13.1. The summed E-state index contributed by atoms with van der Waals surface area (Å²) < 4.78 is 30.7. The standard InChI is InChI=1S/C9H9F2NO3/c1-2-3-15-9-7(11)4-6(10)5-8(9)12(13)14/h4-5H,2-3H2,1H3. The minimum absolute atomic E-state index is 0.142. The molecule has 1 rings (SSSR count). The van der Waals surface area contributed by atoms with E-state index in [1.54, 1.807) is 6.92 Å². The van der Waals surface area contributed by atoms with Crippen LogP contribution in [0, 0.1) is 21.7 Å². The van der Waals surface area contributed by atoms with Crippen molar-refractivity contribution in [1.82, 2.24) is 0 Å². The number of rotatable bonds is 4. The van der Waals surface area contributed by atoms with Gasteiger partial charge >= 0.3 is 5.69 Å². The monoisotopic (exact) mass is 217 g/mol. The second kappa shape index (κ2) is 4.68. The summed E-state index contributed by atoms with van der Waals surface area (Å²) in [5, 5.41) is 10.5. The van der Waals surface area contributed by atoms with Crippen LogP contribution in [0.1, 0.15) is 13.3 Å². The van der Waals surface area contributed by atoms with Crippen molar-refractivity contribution in [2.75, 3.05) is 6.61 Å². The van der Waals surface area contributed by atoms with Crippen LogP contribution in [0.4, 0.5) is 14.5 Å². The molecule has 1 aromatic carbocycles. The molecular weight excluding hydrogens is 208 g/mol. The van der Waals surface area contributed by atoms with Gasteiger partial charge in [0.2, 0.25) is 5.75 Å². The average molecular weight is 217 g/mol. The number of benzene rings is 1. The van der Waals surface area contributed by atoms with Gasteiger partial charge in [-0.3, -0.25) is 10.1 Å². The summed E-state index contributed by atoms with van der Waals surface area (Å²) in [6.45, 7) is 1.91. The third kappa shape index (κ3) is 2.61. The molecule has 0 saturated carbocycles. The summed E-state index contributed by atoms with van der Waals surface area (Å²) in [6, 6.07) is 1.19. The first-order chi connectivity index (χ1) is 7.06. The molecule has 6 heteroatoms. The van der Waals surface area contributed by atoms with Crippen LogP contribution < -0.4 is 4.74 Å². The predicted molar refractivity (Wildman–Crippen MR) is 48.8 cm³/mol. The van der Waals surface area contributed by atoms with E-state index in [-0.39, 0.29) is 6.61 Å². The van der Waals surface area contributed by atoms with E-state index in [9.17, 15) is 18.9 Å². The third-order valence-electron chi connectivity index (χ3n) is 1.64. The van der Waals surface area contributed by atoms with Crippen molar-refractivity contribution in [1.29, 1.82) is 0 Å². The van der Waals surface area contributed by atoms with Crippen LogP contribution in [-0.2, 0) is 0 Å². The number of halogens is 2. The molecule has 0 radical (unpaired) electrons. The first kappa shape index (κ1) is 11.4. The SMILES string of the molecule is CCCOc1c(F)cc(F)cc1[N+](=O)[O-]. The summed E-state index contributed by atoms with van der Waals surface area (Å²) >= 11 is 0. The number of nitro groups is 1. The summed E-state index contributed by atoms with van der Waals surface area (Å²) in [5.41, 5.74) is -0.694. The number of nitro benzene ring substituents is 1. The molecule has 0 aliphatic carbocycles. The summed E-state index contributed by atoms with van der Waals surface area (Å²) in [7, 11) is 0. The first-order valence-corrected chi connectivity index (χ1v) is 4.32. The molecule has 0 heterocycles. The van der Waals surface area contributed by atoms with Crippen LogP contribution in [0.3, 0.4) is 0 Å². The van der Waals surface area contributed by atoms with E-state index < -0.39 is 28.0 Å². The Morgan fingerprint density at radius 2 is 2.13 bits per heavy atom.